The number of unbranched alkanes of at least 4 members (excludes halogenated alkanes) is 2. The molecule has 1 amide bonds. The highest BCUT2D eigenvalue weighted by atomic mass is 19.1. The van der Waals surface area contributed by atoms with Crippen LogP contribution in [0.15, 0.2) is 0 Å². The Labute approximate surface area is 91.2 Å². The summed E-state index contributed by atoms with van der Waals surface area (Å²) < 4.78 is 11.9. The summed E-state index contributed by atoms with van der Waals surface area (Å²) in [6, 6.07) is -0.00544. The van der Waals surface area contributed by atoms with Crippen LogP contribution in [0.25, 0.3) is 0 Å². The zero-order chi connectivity index (χ0) is 11.3. The number of hydrogen-bond acceptors (Lipinski definition) is 2. The number of likely N-dealkylation sites (N-methyl/N-ethyl adjacent to an activating group) is 1. The van der Waals surface area contributed by atoms with Gasteiger partial charge in [0.25, 0.3) is 0 Å². The molecule has 88 valence electrons. The molecule has 1 fully saturated rings. The topological polar surface area (TPSA) is 23.6 Å². The van der Waals surface area contributed by atoms with Gasteiger partial charge in [0.05, 0.1) is 12.7 Å². The zero-order valence-electron chi connectivity index (χ0n) is 9.71. The summed E-state index contributed by atoms with van der Waals surface area (Å²) in [5.41, 5.74) is 0. The maximum atomic E-state index is 11.9. The van der Waals surface area contributed by atoms with Gasteiger partial charge in [0.2, 0.25) is 5.91 Å². The van der Waals surface area contributed by atoms with Gasteiger partial charge in [0.1, 0.15) is 0 Å². The van der Waals surface area contributed by atoms with E-state index in [9.17, 15) is 9.18 Å². The van der Waals surface area contributed by atoms with Crippen molar-refractivity contribution in [1.29, 1.82) is 0 Å². The van der Waals surface area contributed by atoms with E-state index in [1.165, 1.54) is 0 Å². The first-order valence-electron chi connectivity index (χ1n) is 5.72. The second-order valence-corrected chi connectivity index (χ2v) is 4.22. The van der Waals surface area contributed by atoms with Crippen LogP contribution in [0.3, 0.4) is 0 Å². The van der Waals surface area contributed by atoms with Crippen LogP contribution in [0.5, 0.6) is 0 Å². The second kappa shape index (κ2) is 6.05. The van der Waals surface area contributed by atoms with E-state index in [1.54, 1.807) is 4.90 Å². The molecule has 3 nitrogen and oxygen atoms in total. The van der Waals surface area contributed by atoms with E-state index in [0.717, 1.165) is 32.5 Å². The molecule has 1 saturated heterocycles. The van der Waals surface area contributed by atoms with Gasteiger partial charge in [-0.1, -0.05) is 0 Å². The van der Waals surface area contributed by atoms with Crippen molar-refractivity contribution in [1.82, 2.24) is 9.80 Å². The molecule has 1 aliphatic heterocycles. The first-order chi connectivity index (χ1) is 7.16. The Kier molecular flexibility index (Phi) is 5.02. The van der Waals surface area contributed by atoms with Crippen molar-refractivity contribution in [2.24, 2.45) is 0 Å². The standard InChI is InChI=1S/C11H21FN2O/c1-10-11(15)13(2)8-9-14(10)7-5-3-4-6-12/h10H,3-9H2,1-2H3/t10-/m1/s1. The predicted octanol–water partition coefficient (Wildman–Crippen LogP) is 1.29. The van der Waals surface area contributed by atoms with Gasteiger partial charge >= 0.3 is 0 Å². The van der Waals surface area contributed by atoms with Crippen molar-refractivity contribution in [2.75, 3.05) is 33.4 Å². The SMILES string of the molecule is C[C@@H]1C(=O)N(C)CCN1CCCCCF. The minimum absolute atomic E-state index is 0.00544. The van der Waals surface area contributed by atoms with Gasteiger partial charge in [-0.05, 0) is 32.7 Å². The third-order valence-corrected chi connectivity index (χ3v) is 3.08. The maximum absolute atomic E-state index is 11.9. The van der Waals surface area contributed by atoms with E-state index in [2.05, 4.69) is 4.90 Å². The van der Waals surface area contributed by atoms with Crippen molar-refractivity contribution < 1.29 is 9.18 Å². The van der Waals surface area contributed by atoms with Crippen LogP contribution >= 0.6 is 0 Å². The van der Waals surface area contributed by atoms with Gasteiger partial charge in [0.15, 0.2) is 0 Å². The highest BCUT2D eigenvalue weighted by Crippen LogP contribution is 2.11. The fourth-order valence-electron chi connectivity index (χ4n) is 1.95. The molecule has 1 heterocycles. The molecule has 1 rings (SSSR count). The maximum Gasteiger partial charge on any atom is 0.239 e. The number of hydrogen-bond donors (Lipinski definition) is 0. The van der Waals surface area contributed by atoms with E-state index in [-0.39, 0.29) is 18.6 Å². The Morgan fingerprint density at radius 2 is 2.07 bits per heavy atom. The molecule has 0 aromatic heterocycles. The van der Waals surface area contributed by atoms with E-state index < -0.39 is 0 Å². The predicted molar refractivity (Wildman–Crippen MR) is 58.5 cm³/mol. The van der Waals surface area contributed by atoms with Gasteiger partial charge in [0, 0.05) is 20.1 Å². The summed E-state index contributed by atoms with van der Waals surface area (Å²) in [6.45, 7) is 4.40. The second-order valence-electron chi connectivity index (χ2n) is 4.22. The fourth-order valence-corrected chi connectivity index (χ4v) is 1.95. The van der Waals surface area contributed by atoms with Crippen molar-refractivity contribution in [2.45, 2.75) is 32.2 Å². The highest BCUT2D eigenvalue weighted by molar-refractivity contribution is 5.81. The molecule has 1 aliphatic rings. The molecule has 0 bridgehead atoms. The van der Waals surface area contributed by atoms with Crippen molar-refractivity contribution in [3.05, 3.63) is 0 Å². The molecule has 15 heavy (non-hydrogen) atoms. The van der Waals surface area contributed by atoms with Crippen molar-refractivity contribution in [3.63, 3.8) is 0 Å². The Balaban J connectivity index is 2.27. The average molecular weight is 216 g/mol. The largest absolute Gasteiger partial charge is 0.343 e. The lowest BCUT2D eigenvalue weighted by atomic mass is 10.1. The smallest absolute Gasteiger partial charge is 0.239 e. The summed E-state index contributed by atoms with van der Waals surface area (Å²) in [6.07, 6.45) is 2.56. The van der Waals surface area contributed by atoms with Crippen LogP contribution < -0.4 is 0 Å². The number of rotatable bonds is 5. The molecule has 0 N–H and O–H groups in total. The van der Waals surface area contributed by atoms with Gasteiger partial charge in [-0.15, -0.1) is 0 Å². The Hall–Kier alpha value is -0.640. The number of nitrogens with zero attached hydrogens (tertiary/aromatic N) is 2. The number of carbonyl (C=O) groups excluding carboxylic acids is 1. The minimum atomic E-state index is -0.225. The zero-order valence-corrected chi connectivity index (χ0v) is 9.71. The molecule has 0 radical (unpaired) electrons. The van der Waals surface area contributed by atoms with Crippen LogP contribution in [0, 0.1) is 0 Å². The molecule has 4 heteroatoms. The molecular formula is C11H21FN2O. The molecule has 0 unspecified atom stereocenters. The molecule has 0 spiro atoms. The average Bonchev–Trinajstić information content (AvgIpc) is 2.24. The van der Waals surface area contributed by atoms with Crippen LogP contribution in [-0.2, 0) is 4.79 Å². The van der Waals surface area contributed by atoms with Gasteiger partial charge in [-0.2, -0.15) is 0 Å². The van der Waals surface area contributed by atoms with E-state index in [1.807, 2.05) is 14.0 Å². The minimum Gasteiger partial charge on any atom is -0.343 e. The van der Waals surface area contributed by atoms with Crippen LogP contribution in [0.2, 0.25) is 0 Å². The van der Waals surface area contributed by atoms with E-state index in [4.69, 9.17) is 0 Å². The first-order valence-corrected chi connectivity index (χ1v) is 5.72. The van der Waals surface area contributed by atoms with E-state index >= 15 is 0 Å². The van der Waals surface area contributed by atoms with Crippen molar-refractivity contribution >= 4 is 5.91 Å². The summed E-state index contributed by atoms with van der Waals surface area (Å²) >= 11 is 0. The lowest BCUT2D eigenvalue weighted by Crippen LogP contribution is -2.54. The Morgan fingerprint density at radius 1 is 1.33 bits per heavy atom. The summed E-state index contributed by atoms with van der Waals surface area (Å²) in [4.78, 5) is 15.6. The summed E-state index contributed by atoms with van der Waals surface area (Å²) in [5.74, 6) is 0.201. The third-order valence-electron chi connectivity index (χ3n) is 3.08. The number of alkyl halides is 1. The molecular weight excluding hydrogens is 195 g/mol. The Morgan fingerprint density at radius 3 is 2.73 bits per heavy atom. The lowest BCUT2D eigenvalue weighted by Gasteiger charge is -2.37. The van der Waals surface area contributed by atoms with Gasteiger partial charge < -0.3 is 4.90 Å². The number of halogens is 1. The first kappa shape index (κ1) is 12.4. The van der Waals surface area contributed by atoms with E-state index in [0.29, 0.717) is 6.42 Å². The molecule has 0 aromatic rings. The third kappa shape index (κ3) is 3.45. The highest BCUT2D eigenvalue weighted by Gasteiger charge is 2.28. The molecule has 0 saturated carbocycles. The Bertz CT molecular complexity index is 211. The van der Waals surface area contributed by atoms with Crippen LogP contribution in [-0.4, -0.2) is 55.1 Å². The molecule has 0 aromatic carbocycles. The van der Waals surface area contributed by atoms with Gasteiger partial charge in [-0.3, -0.25) is 14.1 Å². The van der Waals surface area contributed by atoms with Crippen LogP contribution in [0.4, 0.5) is 4.39 Å². The quantitative estimate of drug-likeness (QED) is 0.646. The van der Waals surface area contributed by atoms with Crippen LogP contribution in [0.1, 0.15) is 26.2 Å². The number of carbonyl (C=O) groups is 1. The normalized spacial score (nSPS) is 23.5. The summed E-state index contributed by atoms with van der Waals surface area (Å²) in [5, 5.41) is 0. The van der Waals surface area contributed by atoms with Gasteiger partial charge in [-0.25, -0.2) is 0 Å². The molecule has 0 aliphatic carbocycles. The number of amides is 1. The molecule has 1 atom stereocenters. The monoisotopic (exact) mass is 216 g/mol. The number of piperazine rings is 1. The lowest BCUT2D eigenvalue weighted by molar-refractivity contribution is -0.139. The van der Waals surface area contributed by atoms with Crippen molar-refractivity contribution in [3.8, 4) is 0 Å². The summed E-state index contributed by atoms with van der Waals surface area (Å²) in [7, 11) is 1.85. The fraction of sp³-hybridized carbons (Fsp3) is 0.909.